The molecule has 2 saturated carbocycles. The van der Waals surface area contributed by atoms with Crippen molar-refractivity contribution >= 4 is 0 Å². The van der Waals surface area contributed by atoms with Crippen molar-refractivity contribution in [3.63, 3.8) is 0 Å². The molecule has 3 heteroatoms. The standard InChI is InChI=1S/C15H26O3/c1-2-6-14-7-8-15(17-9-10-18-15)11-12(14)4-3-5-13(14)16/h12-13,16H,2-11H2,1H3/t12-,13-,14-/m1/s1. The third-order valence-electron chi connectivity index (χ3n) is 5.56. The number of fused-ring (bicyclic) bond motifs is 1. The highest BCUT2D eigenvalue weighted by Crippen LogP contribution is 2.56. The monoisotopic (exact) mass is 254 g/mol. The molecule has 1 spiro atoms. The first-order valence-electron chi connectivity index (χ1n) is 7.67. The molecule has 1 N–H and O–H groups in total. The van der Waals surface area contributed by atoms with Gasteiger partial charge in [0.05, 0.1) is 19.3 Å². The van der Waals surface area contributed by atoms with E-state index in [0.29, 0.717) is 5.92 Å². The molecule has 3 rings (SSSR count). The van der Waals surface area contributed by atoms with Crippen LogP contribution in [0, 0.1) is 11.3 Å². The lowest BCUT2D eigenvalue weighted by Crippen LogP contribution is -2.53. The summed E-state index contributed by atoms with van der Waals surface area (Å²) in [6.07, 6.45) is 8.67. The summed E-state index contributed by atoms with van der Waals surface area (Å²) in [4.78, 5) is 0. The van der Waals surface area contributed by atoms with Crippen molar-refractivity contribution in [3.8, 4) is 0 Å². The van der Waals surface area contributed by atoms with Crippen LogP contribution in [-0.4, -0.2) is 30.2 Å². The summed E-state index contributed by atoms with van der Waals surface area (Å²) in [7, 11) is 0. The lowest BCUT2D eigenvalue weighted by atomic mass is 9.55. The van der Waals surface area contributed by atoms with Crippen LogP contribution in [0.4, 0.5) is 0 Å². The number of rotatable bonds is 2. The Bertz CT molecular complexity index is 298. The number of ether oxygens (including phenoxy) is 2. The smallest absolute Gasteiger partial charge is 0.168 e. The largest absolute Gasteiger partial charge is 0.393 e. The summed E-state index contributed by atoms with van der Waals surface area (Å²) >= 11 is 0. The number of aliphatic hydroxyl groups excluding tert-OH is 1. The SMILES string of the molecule is CCC[C@@]12CCC3(C[C@H]1CCC[C@H]2O)OCCO3. The highest BCUT2D eigenvalue weighted by molar-refractivity contribution is 5.02. The van der Waals surface area contributed by atoms with Crippen molar-refractivity contribution in [3.05, 3.63) is 0 Å². The second-order valence-corrected chi connectivity index (χ2v) is 6.44. The topological polar surface area (TPSA) is 38.7 Å². The van der Waals surface area contributed by atoms with Crippen LogP contribution in [-0.2, 0) is 9.47 Å². The minimum Gasteiger partial charge on any atom is -0.393 e. The predicted molar refractivity (Wildman–Crippen MR) is 69.2 cm³/mol. The summed E-state index contributed by atoms with van der Waals surface area (Å²) in [5.41, 5.74) is 0.160. The maximum Gasteiger partial charge on any atom is 0.168 e. The molecule has 0 amide bonds. The van der Waals surface area contributed by atoms with Crippen LogP contribution in [0.5, 0.6) is 0 Å². The van der Waals surface area contributed by atoms with E-state index in [1.807, 2.05) is 0 Å². The van der Waals surface area contributed by atoms with E-state index in [-0.39, 0.29) is 17.3 Å². The second-order valence-electron chi connectivity index (χ2n) is 6.44. The fourth-order valence-corrected chi connectivity index (χ4v) is 4.70. The fraction of sp³-hybridized carbons (Fsp3) is 1.00. The van der Waals surface area contributed by atoms with Crippen molar-refractivity contribution in [1.82, 2.24) is 0 Å². The highest BCUT2D eigenvalue weighted by atomic mass is 16.7. The third-order valence-corrected chi connectivity index (χ3v) is 5.56. The summed E-state index contributed by atoms with van der Waals surface area (Å²) in [5.74, 6) is 0.298. The maximum absolute atomic E-state index is 10.5. The van der Waals surface area contributed by atoms with Gasteiger partial charge in [-0.3, -0.25) is 0 Å². The van der Waals surface area contributed by atoms with Gasteiger partial charge in [0.15, 0.2) is 5.79 Å². The molecule has 3 nitrogen and oxygen atoms in total. The van der Waals surface area contributed by atoms with Crippen LogP contribution >= 0.6 is 0 Å². The Balaban J connectivity index is 1.81. The van der Waals surface area contributed by atoms with Gasteiger partial charge in [0.25, 0.3) is 0 Å². The Morgan fingerprint density at radius 2 is 1.94 bits per heavy atom. The number of hydrogen-bond donors (Lipinski definition) is 1. The molecular formula is C15H26O3. The molecule has 0 radical (unpaired) electrons. The highest BCUT2D eigenvalue weighted by Gasteiger charge is 2.55. The van der Waals surface area contributed by atoms with Gasteiger partial charge in [0.2, 0.25) is 0 Å². The molecule has 3 atom stereocenters. The van der Waals surface area contributed by atoms with Crippen LogP contribution < -0.4 is 0 Å². The Kier molecular flexibility index (Phi) is 3.41. The van der Waals surface area contributed by atoms with Gasteiger partial charge >= 0.3 is 0 Å². The summed E-state index contributed by atoms with van der Waals surface area (Å²) in [6.45, 7) is 3.73. The van der Waals surface area contributed by atoms with Crippen molar-refractivity contribution in [1.29, 1.82) is 0 Å². The van der Waals surface area contributed by atoms with Gasteiger partial charge in [-0.15, -0.1) is 0 Å². The van der Waals surface area contributed by atoms with Gasteiger partial charge in [-0.05, 0) is 37.0 Å². The van der Waals surface area contributed by atoms with Crippen LogP contribution in [0.25, 0.3) is 0 Å². The van der Waals surface area contributed by atoms with E-state index in [0.717, 1.165) is 51.7 Å². The molecule has 2 aliphatic carbocycles. The fourth-order valence-electron chi connectivity index (χ4n) is 4.70. The van der Waals surface area contributed by atoms with E-state index in [1.165, 1.54) is 12.8 Å². The maximum atomic E-state index is 10.5. The van der Waals surface area contributed by atoms with E-state index in [9.17, 15) is 5.11 Å². The Morgan fingerprint density at radius 3 is 2.67 bits per heavy atom. The van der Waals surface area contributed by atoms with Crippen molar-refractivity contribution in [2.45, 2.75) is 70.2 Å². The van der Waals surface area contributed by atoms with E-state index < -0.39 is 0 Å². The zero-order valence-electron chi connectivity index (χ0n) is 11.5. The van der Waals surface area contributed by atoms with Gasteiger partial charge in [0.1, 0.15) is 0 Å². The van der Waals surface area contributed by atoms with Crippen LogP contribution in [0.15, 0.2) is 0 Å². The minimum atomic E-state index is -0.293. The zero-order chi connectivity index (χ0) is 12.6. The van der Waals surface area contributed by atoms with E-state index in [1.54, 1.807) is 0 Å². The average molecular weight is 254 g/mol. The molecule has 18 heavy (non-hydrogen) atoms. The van der Waals surface area contributed by atoms with E-state index >= 15 is 0 Å². The first kappa shape index (κ1) is 12.9. The Hall–Kier alpha value is -0.120. The molecule has 3 fully saturated rings. The molecule has 0 unspecified atom stereocenters. The van der Waals surface area contributed by atoms with Gasteiger partial charge in [-0.25, -0.2) is 0 Å². The van der Waals surface area contributed by atoms with Crippen molar-refractivity contribution in [2.75, 3.05) is 13.2 Å². The van der Waals surface area contributed by atoms with Gasteiger partial charge in [-0.2, -0.15) is 0 Å². The van der Waals surface area contributed by atoms with Gasteiger partial charge < -0.3 is 14.6 Å². The third kappa shape index (κ3) is 1.91. The van der Waals surface area contributed by atoms with Gasteiger partial charge in [-0.1, -0.05) is 19.8 Å². The van der Waals surface area contributed by atoms with Crippen LogP contribution in [0.2, 0.25) is 0 Å². The zero-order valence-corrected chi connectivity index (χ0v) is 11.5. The summed E-state index contributed by atoms with van der Waals surface area (Å²) in [5, 5.41) is 10.5. The van der Waals surface area contributed by atoms with Gasteiger partial charge in [0, 0.05) is 12.8 Å². The number of hydrogen-bond acceptors (Lipinski definition) is 3. The molecule has 0 aromatic carbocycles. The molecule has 0 aromatic rings. The molecule has 0 bridgehead atoms. The van der Waals surface area contributed by atoms with Crippen molar-refractivity contribution < 1.29 is 14.6 Å². The molecule has 1 aliphatic heterocycles. The van der Waals surface area contributed by atoms with Crippen LogP contribution in [0.1, 0.15) is 58.3 Å². The summed E-state index contributed by atoms with van der Waals surface area (Å²) < 4.78 is 11.8. The molecule has 1 saturated heterocycles. The molecule has 3 aliphatic rings. The predicted octanol–water partition coefficient (Wildman–Crippen LogP) is 2.86. The van der Waals surface area contributed by atoms with Crippen LogP contribution in [0.3, 0.4) is 0 Å². The summed E-state index contributed by atoms with van der Waals surface area (Å²) in [6, 6.07) is 0. The normalized spacial score (nSPS) is 43.0. The lowest BCUT2D eigenvalue weighted by Gasteiger charge is -2.54. The molecule has 104 valence electrons. The van der Waals surface area contributed by atoms with E-state index in [4.69, 9.17) is 9.47 Å². The first-order valence-corrected chi connectivity index (χ1v) is 7.67. The first-order chi connectivity index (χ1) is 8.71. The Morgan fingerprint density at radius 1 is 1.17 bits per heavy atom. The second kappa shape index (κ2) is 4.77. The van der Waals surface area contributed by atoms with Crippen molar-refractivity contribution in [2.24, 2.45) is 11.3 Å². The lowest BCUT2D eigenvalue weighted by molar-refractivity contribution is -0.228. The molecule has 0 aromatic heterocycles. The van der Waals surface area contributed by atoms with E-state index in [2.05, 4.69) is 6.92 Å². The molecule has 1 heterocycles. The Labute approximate surface area is 110 Å². The average Bonchev–Trinajstić information content (AvgIpc) is 2.81. The number of aliphatic hydroxyl groups is 1. The molecular weight excluding hydrogens is 228 g/mol. The minimum absolute atomic E-state index is 0.102. The quantitative estimate of drug-likeness (QED) is 0.823.